The maximum atomic E-state index is 10.3. The highest BCUT2D eigenvalue weighted by Gasteiger charge is 2.47. The number of aliphatic hydroxyl groups is 7. The predicted molar refractivity (Wildman–Crippen MR) is 88.1 cm³/mol. The van der Waals surface area contributed by atoms with E-state index in [-0.39, 0.29) is 6.61 Å². The highest BCUT2D eigenvalue weighted by atomic mass is 32.1. The molecule has 0 aliphatic carbocycles. The molecule has 0 aromatic heterocycles. The molecule has 8 atom stereocenters. The Hall–Kier alpha value is -0.0900. The van der Waals surface area contributed by atoms with Gasteiger partial charge in [-0.1, -0.05) is 0 Å². The Balaban J connectivity index is 2.85. The van der Waals surface area contributed by atoms with E-state index in [0.717, 1.165) is 0 Å². The van der Waals surface area contributed by atoms with Gasteiger partial charge in [-0.3, -0.25) is 0 Å². The average molecular weight is 404 g/mol. The predicted octanol–water partition coefficient (Wildman–Crippen LogP) is -3.85. The monoisotopic (exact) mass is 404 g/mol. The van der Waals surface area contributed by atoms with Gasteiger partial charge >= 0.3 is 0 Å². The molecule has 1 heterocycles. The number of thiol groups is 1. The molecule has 1 aliphatic rings. The van der Waals surface area contributed by atoms with Gasteiger partial charge in [-0.25, -0.2) is 0 Å². The molecule has 0 bridgehead atoms. The summed E-state index contributed by atoms with van der Waals surface area (Å²) in [5.41, 5.74) is 0. The standard InChI is InChI=1S/C14H28O11S/c1-6(17)7(4-15)23-14(12(20)21)25-11-8(5-16)24-13(22-2-3-26)10(19)9(11)18/h6-21,26H,2-5H2,1H3/t6-,7?,8?,9?,10?,11?,13?,14?/m0/s1. The molecule has 1 aliphatic heterocycles. The maximum Gasteiger partial charge on any atom is 0.209 e. The van der Waals surface area contributed by atoms with Gasteiger partial charge in [0.25, 0.3) is 0 Å². The Morgan fingerprint density at radius 3 is 2.23 bits per heavy atom. The van der Waals surface area contributed by atoms with Gasteiger partial charge in [0.05, 0.1) is 25.9 Å². The van der Waals surface area contributed by atoms with Crippen LogP contribution in [0.4, 0.5) is 0 Å². The van der Waals surface area contributed by atoms with E-state index in [0.29, 0.717) is 5.75 Å². The summed E-state index contributed by atoms with van der Waals surface area (Å²) < 4.78 is 20.9. The lowest BCUT2D eigenvalue weighted by Gasteiger charge is -2.43. The van der Waals surface area contributed by atoms with Crippen LogP contribution in [-0.2, 0) is 18.9 Å². The van der Waals surface area contributed by atoms with E-state index in [1.165, 1.54) is 6.92 Å². The van der Waals surface area contributed by atoms with Gasteiger partial charge in [0.2, 0.25) is 12.6 Å². The van der Waals surface area contributed by atoms with Gasteiger partial charge < -0.3 is 54.7 Å². The van der Waals surface area contributed by atoms with Crippen molar-refractivity contribution < 1.29 is 54.7 Å². The molecule has 0 aromatic rings. The Morgan fingerprint density at radius 2 is 1.77 bits per heavy atom. The molecule has 0 saturated carbocycles. The van der Waals surface area contributed by atoms with E-state index < -0.39 is 68.7 Å². The van der Waals surface area contributed by atoms with Crippen molar-refractivity contribution in [3.8, 4) is 0 Å². The summed E-state index contributed by atoms with van der Waals surface area (Å²) >= 11 is 3.95. The SMILES string of the molecule is C[C@H](O)C(CO)OC(OC1C(CO)OC(OCCS)C(O)C1O)C(O)O. The van der Waals surface area contributed by atoms with Crippen LogP contribution in [0, 0.1) is 0 Å². The van der Waals surface area contributed by atoms with Gasteiger partial charge in [0.1, 0.15) is 30.5 Å². The zero-order chi connectivity index (χ0) is 19.9. The number of aliphatic hydroxyl groups excluding tert-OH is 6. The Bertz CT molecular complexity index is 384. The van der Waals surface area contributed by atoms with Crippen LogP contribution >= 0.6 is 12.6 Å². The quantitative estimate of drug-likeness (QED) is 0.125. The Labute approximate surface area is 156 Å². The van der Waals surface area contributed by atoms with E-state index in [1.807, 2.05) is 0 Å². The van der Waals surface area contributed by atoms with Gasteiger partial charge in [0.15, 0.2) is 6.29 Å². The van der Waals surface area contributed by atoms with Crippen LogP contribution in [0.25, 0.3) is 0 Å². The molecule has 11 nitrogen and oxygen atoms in total. The smallest absolute Gasteiger partial charge is 0.209 e. The molecule has 7 unspecified atom stereocenters. The second-order valence-electron chi connectivity index (χ2n) is 5.78. The normalized spacial score (nSPS) is 33.2. The van der Waals surface area contributed by atoms with Crippen LogP contribution in [0.1, 0.15) is 6.92 Å². The van der Waals surface area contributed by atoms with Crippen LogP contribution in [0.3, 0.4) is 0 Å². The topological polar surface area (TPSA) is 179 Å². The highest BCUT2D eigenvalue weighted by Crippen LogP contribution is 2.26. The minimum atomic E-state index is -2.20. The molecule has 26 heavy (non-hydrogen) atoms. The molecule has 156 valence electrons. The van der Waals surface area contributed by atoms with Gasteiger partial charge in [-0.2, -0.15) is 12.6 Å². The minimum Gasteiger partial charge on any atom is -0.394 e. The van der Waals surface area contributed by atoms with Crippen LogP contribution in [0.5, 0.6) is 0 Å². The lowest BCUT2D eigenvalue weighted by molar-refractivity contribution is -0.353. The van der Waals surface area contributed by atoms with Crippen LogP contribution in [0.2, 0.25) is 0 Å². The largest absolute Gasteiger partial charge is 0.394 e. The van der Waals surface area contributed by atoms with Crippen LogP contribution < -0.4 is 0 Å². The van der Waals surface area contributed by atoms with E-state index in [4.69, 9.17) is 24.1 Å². The number of hydrogen-bond acceptors (Lipinski definition) is 12. The summed E-state index contributed by atoms with van der Waals surface area (Å²) in [5.74, 6) is 0.334. The van der Waals surface area contributed by atoms with E-state index >= 15 is 0 Å². The first-order valence-electron chi connectivity index (χ1n) is 8.07. The third-order valence-corrected chi connectivity index (χ3v) is 3.94. The third kappa shape index (κ3) is 6.51. The summed E-state index contributed by atoms with van der Waals surface area (Å²) in [6.45, 7) is 0.155. The number of rotatable bonds is 11. The van der Waals surface area contributed by atoms with Crippen molar-refractivity contribution in [2.24, 2.45) is 0 Å². The van der Waals surface area contributed by atoms with Crippen molar-refractivity contribution in [1.29, 1.82) is 0 Å². The van der Waals surface area contributed by atoms with E-state index in [9.17, 15) is 30.6 Å². The summed E-state index contributed by atoms with van der Waals surface area (Å²) in [5, 5.41) is 67.3. The zero-order valence-corrected chi connectivity index (χ0v) is 15.1. The molecule has 0 aromatic carbocycles. The minimum absolute atomic E-state index is 0.120. The van der Waals surface area contributed by atoms with E-state index in [2.05, 4.69) is 12.6 Å². The lowest BCUT2D eigenvalue weighted by atomic mass is 9.99. The van der Waals surface area contributed by atoms with Crippen molar-refractivity contribution in [2.45, 2.75) is 62.4 Å². The van der Waals surface area contributed by atoms with Gasteiger partial charge in [-0.05, 0) is 6.92 Å². The van der Waals surface area contributed by atoms with Crippen molar-refractivity contribution in [3.05, 3.63) is 0 Å². The Morgan fingerprint density at radius 1 is 1.12 bits per heavy atom. The first-order valence-corrected chi connectivity index (χ1v) is 8.70. The summed E-state index contributed by atoms with van der Waals surface area (Å²) in [4.78, 5) is 0. The summed E-state index contributed by atoms with van der Waals surface area (Å²) in [6, 6.07) is 0. The summed E-state index contributed by atoms with van der Waals surface area (Å²) in [6.07, 6.45) is -13.4. The fraction of sp³-hybridized carbons (Fsp3) is 1.00. The van der Waals surface area contributed by atoms with E-state index in [1.54, 1.807) is 0 Å². The maximum absolute atomic E-state index is 10.3. The second kappa shape index (κ2) is 11.7. The molecule has 12 heteroatoms. The summed E-state index contributed by atoms with van der Waals surface area (Å²) in [7, 11) is 0. The molecule has 1 saturated heterocycles. The molecule has 1 rings (SSSR count). The highest BCUT2D eigenvalue weighted by molar-refractivity contribution is 7.80. The van der Waals surface area contributed by atoms with Crippen molar-refractivity contribution in [3.63, 3.8) is 0 Å². The van der Waals surface area contributed by atoms with Crippen molar-refractivity contribution >= 4 is 12.6 Å². The fourth-order valence-corrected chi connectivity index (χ4v) is 2.44. The number of ether oxygens (including phenoxy) is 4. The molecule has 1 fully saturated rings. The molecular weight excluding hydrogens is 376 g/mol. The first kappa shape index (κ1) is 23.9. The lowest BCUT2D eigenvalue weighted by Crippen LogP contribution is -2.61. The zero-order valence-electron chi connectivity index (χ0n) is 14.2. The Kier molecular flexibility index (Phi) is 10.8. The van der Waals surface area contributed by atoms with Crippen molar-refractivity contribution in [1.82, 2.24) is 0 Å². The average Bonchev–Trinajstić information content (AvgIpc) is 2.60. The number of hydrogen-bond donors (Lipinski definition) is 8. The van der Waals surface area contributed by atoms with Gasteiger partial charge in [-0.15, -0.1) is 0 Å². The first-order chi connectivity index (χ1) is 12.3. The second-order valence-corrected chi connectivity index (χ2v) is 6.23. The van der Waals surface area contributed by atoms with Gasteiger partial charge in [0, 0.05) is 5.75 Å². The molecule has 7 N–H and O–H groups in total. The third-order valence-electron chi connectivity index (χ3n) is 3.76. The molecule has 0 spiro atoms. The van der Waals surface area contributed by atoms with Crippen LogP contribution in [-0.4, -0.2) is 117 Å². The van der Waals surface area contributed by atoms with Crippen molar-refractivity contribution in [2.75, 3.05) is 25.6 Å². The molecular formula is C14H28O11S. The van der Waals surface area contributed by atoms with Crippen LogP contribution in [0.15, 0.2) is 0 Å². The molecule has 0 amide bonds. The molecule has 0 radical (unpaired) electrons. The fourth-order valence-electron chi connectivity index (χ4n) is 2.34.